The van der Waals surface area contributed by atoms with E-state index in [9.17, 15) is 13.6 Å². The summed E-state index contributed by atoms with van der Waals surface area (Å²) < 4.78 is 29.2. The van der Waals surface area contributed by atoms with Gasteiger partial charge in [-0.15, -0.1) is 0 Å². The molecule has 5 nitrogen and oxygen atoms in total. The third-order valence-corrected chi connectivity index (χ3v) is 4.57. The number of nitrogens with zero attached hydrogens (tertiary/aromatic N) is 3. The number of amides is 2. The molecule has 0 fully saturated rings. The highest BCUT2D eigenvalue weighted by Gasteiger charge is 2.23. The zero-order chi connectivity index (χ0) is 18.0. The van der Waals surface area contributed by atoms with Crippen molar-refractivity contribution in [2.45, 2.75) is 33.4 Å². The first-order valence-corrected chi connectivity index (χ1v) is 8.41. The van der Waals surface area contributed by atoms with Gasteiger partial charge in [-0.25, -0.2) is 18.6 Å². The molecule has 0 saturated heterocycles. The van der Waals surface area contributed by atoms with Gasteiger partial charge in [0.15, 0.2) is 0 Å². The second-order valence-corrected chi connectivity index (χ2v) is 6.61. The topological polar surface area (TPSA) is 50.2 Å². The van der Waals surface area contributed by atoms with Crippen LogP contribution in [0.5, 0.6) is 0 Å². The molecule has 134 valence electrons. The van der Waals surface area contributed by atoms with Crippen molar-refractivity contribution in [3.05, 3.63) is 53.1 Å². The Kier molecular flexibility index (Phi) is 5.01. The highest BCUT2D eigenvalue weighted by molar-refractivity contribution is 5.74. The Hall–Kier alpha value is -2.44. The largest absolute Gasteiger partial charge is 0.338 e. The van der Waals surface area contributed by atoms with Gasteiger partial charge in [0.25, 0.3) is 0 Å². The highest BCUT2D eigenvalue weighted by Crippen LogP contribution is 2.23. The maximum atomic E-state index is 13.8. The van der Waals surface area contributed by atoms with E-state index < -0.39 is 11.6 Å². The molecule has 1 atom stereocenters. The van der Waals surface area contributed by atoms with Gasteiger partial charge in [0.1, 0.15) is 17.5 Å². The van der Waals surface area contributed by atoms with Crippen LogP contribution in [0.25, 0.3) is 0 Å². The van der Waals surface area contributed by atoms with Crippen LogP contribution in [-0.2, 0) is 19.5 Å². The quantitative estimate of drug-likeness (QED) is 0.924. The fourth-order valence-electron chi connectivity index (χ4n) is 3.15. The molecule has 2 heterocycles. The maximum Gasteiger partial charge on any atom is 0.317 e. The minimum atomic E-state index is -0.608. The zero-order valence-corrected chi connectivity index (χ0v) is 14.4. The molecule has 0 bridgehead atoms. The normalized spacial score (nSPS) is 15.0. The fraction of sp³-hybridized carbons (Fsp3) is 0.444. The van der Waals surface area contributed by atoms with E-state index in [4.69, 9.17) is 0 Å². The second-order valence-electron chi connectivity index (χ2n) is 6.61. The Balaban J connectivity index is 1.54. The molecule has 0 radical (unpaired) electrons. The molecule has 1 aliphatic heterocycles. The van der Waals surface area contributed by atoms with Gasteiger partial charge in [-0.3, -0.25) is 0 Å². The van der Waals surface area contributed by atoms with Crippen LogP contribution in [0.3, 0.4) is 0 Å². The number of carbonyl (C=O) groups excluding carboxylic acids is 1. The lowest BCUT2D eigenvalue weighted by molar-refractivity contribution is 0.189. The molecule has 1 N–H and O–H groups in total. The molecule has 3 rings (SSSR count). The summed E-state index contributed by atoms with van der Waals surface area (Å²) in [5.74, 6) is 0.0425. The Morgan fingerprint density at radius 1 is 1.40 bits per heavy atom. The van der Waals surface area contributed by atoms with Gasteiger partial charge in [0.2, 0.25) is 0 Å². The van der Waals surface area contributed by atoms with Gasteiger partial charge in [-0.05, 0) is 36.5 Å². The van der Waals surface area contributed by atoms with E-state index in [0.29, 0.717) is 30.6 Å². The van der Waals surface area contributed by atoms with Gasteiger partial charge in [-0.2, -0.15) is 0 Å². The van der Waals surface area contributed by atoms with Crippen molar-refractivity contribution < 1.29 is 13.6 Å². The van der Waals surface area contributed by atoms with Crippen LogP contribution in [0.15, 0.2) is 24.5 Å². The van der Waals surface area contributed by atoms with Crippen molar-refractivity contribution in [3.8, 4) is 0 Å². The standard InChI is InChI=1S/C18H22F2N4O/c1-12(10-23-6-4-21-13(23)2)9-22-18(25)24-5-3-16-14(11-24)7-15(19)8-17(16)20/h4,6-8,12H,3,5,9-11H2,1-2H3,(H,22,25)/t12-/m0/s1. The number of fused-ring (bicyclic) bond motifs is 1. The minimum absolute atomic E-state index is 0.204. The van der Waals surface area contributed by atoms with Crippen molar-refractivity contribution >= 4 is 6.03 Å². The highest BCUT2D eigenvalue weighted by atomic mass is 19.1. The molecular weight excluding hydrogens is 326 g/mol. The van der Waals surface area contributed by atoms with Crippen LogP contribution in [0.4, 0.5) is 13.6 Å². The Morgan fingerprint density at radius 3 is 2.92 bits per heavy atom. The van der Waals surface area contributed by atoms with E-state index in [-0.39, 0.29) is 18.5 Å². The van der Waals surface area contributed by atoms with Crippen molar-refractivity contribution in [2.75, 3.05) is 13.1 Å². The predicted molar refractivity (Wildman–Crippen MR) is 90.0 cm³/mol. The fourth-order valence-corrected chi connectivity index (χ4v) is 3.15. The summed E-state index contributed by atoms with van der Waals surface area (Å²) in [5.41, 5.74) is 1.05. The number of nitrogens with one attached hydrogen (secondary N) is 1. The summed E-state index contributed by atoms with van der Waals surface area (Å²) in [6.45, 7) is 5.94. The van der Waals surface area contributed by atoms with Crippen LogP contribution in [-0.4, -0.2) is 33.6 Å². The first kappa shape index (κ1) is 17.4. The molecule has 1 aromatic heterocycles. The molecule has 25 heavy (non-hydrogen) atoms. The summed E-state index contributed by atoms with van der Waals surface area (Å²) in [7, 11) is 0. The first-order chi connectivity index (χ1) is 11.9. The Bertz CT molecular complexity index is 774. The van der Waals surface area contributed by atoms with Crippen LogP contribution < -0.4 is 5.32 Å². The van der Waals surface area contributed by atoms with E-state index >= 15 is 0 Å². The monoisotopic (exact) mass is 348 g/mol. The summed E-state index contributed by atoms with van der Waals surface area (Å²) in [6, 6.07) is 2.00. The lowest BCUT2D eigenvalue weighted by Gasteiger charge is -2.29. The minimum Gasteiger partial charge on any atom is -0.338 e. The van der Waals surface area contributed by atoms with Crippen molar-refractivity contribution in [1.29, 1.82) is 0 Å². The van der Waals surface area contributed by atoms with Gasteiger partial charge in [0, 0.05) is 44.6 Å². The van der Waals surface area contributed by atoms with Gasteiger partial charge >= 0.3 is 6.03 Å². The smallest absolute Gasteiger partial charge is 0.317 e. The van der Waals surface area contributed by atoms with Crippen LogP contribution >= 0.6 is 0 Å². The molecular formula is C18H22F2N4O. The lowest BCUT2D eigenvalue weighted by atomic mass is 9.99. The van der Waals surface area contributed by atoms with Crippen molar-refractivity contribution in [2.24, 2.45) is 5.92 Å². The number of carbonyl (C=O) groups is 1. The van der Waals surface area contributed by atoms with Crippen LogP contribution in [0.1, 0.15) is 23.9 Å². The van der Waals surface area contributed by atoms with E-state index in [1.807, 2.05) is 17.7 Å². The van der Waals surface area contributed by atoms with Crippen LogP contribution in [0, 0.1) is 24.5 Å². The van der Waals surface area contributed by atoms with Gasteiger partial charge in [-0.1, -0.05) is 6.92 Å². The average molecular weight is 348 g/mol. The SMILES string of the molecule is Cc1nccn1C[C@@H](C)CNC(=O)N1CCc2c(F)cc(F)cc2C1. The lowest BCUT2D eigenvalue weighted by Crippen LogP contribution is -2.44. The molecule has 0 saturated carbocycles. The number of rotatable bonds is 4. The number of urea groups is 1. The van der Waals surface area contributed by atoms with Gasteiger partial charge < -0.3 is 14.8 Å². The molecule has 2 aromatic rings. The van der Waals surface area contributed by atoms with E-state index in [0.717, 1.165) is 18.4 Å². The maximum absolute atomic E-state index is 13.8. The van der Waals surface area contributed by atoms with Gasteiger partial charge in [0.05, 0.1) is 0 Å². The molecule has 2 amide bonds. The number of aromatic nitrogens is 2. The van der Waals surface area contributed by atoms with E-state index in [2.05, 4.69) is 17.2 Å². The molecule has 0 aliphatic carbocycles. The van der Waals surface area contributed by atoms with E-state index in [1.165, 1.54) is 6.07 Å². The molecule has 7 heteroatoms. The van der Waals surface area contributed by atoms with Crippen molar-refractivity contribution in [1.82, 2.24) is 19.8 Å². The summed E-state index contributed by atoms with van der Waals surface area (Å²) >= 11 is 0. The summed E-state index contributed by atoms with van der Waals surface area (Å²) in [5, 5.41) is 2.91. The number of halogens is 2. The predicted octanol–water partition coefficient (Wildman–Crippen LogP) is 2.87. The zero-order valence-electron chi connectivity index (χ0n) is 14.4. The average Bonchev–Trinajstić information content (AvgIpc) is 2.96. The molecule has 0 spiro atoms. The summed E-state index contributed by atoms with van der Waals surface area (Å²) in [6.07, 6.45) is 4.07. The number of benzene rings is 1. The van der Waals surface area contributed by atoms with Crippen molar-refractivity contribution in [3.63, 3.8) is 0 Å². The van der Waals surface area contributed by atoms with Crippen LogP contribution in [0.2, 0.25) is 0 Å². The Labute approximate surface area is 145 Å². The third kappa shape index (κ3) is 3.97. The Morgan fingerprint density at radius 2 is 2.20 bits per heavy atom. The second kappa shape index (κ2) is 7.21. The number of hydrogen-bond donors (Lipinski definition) is 1. The number of aryl methyl sites for hydroxylation is 1. The molecule has 1 aromatic carbocycles. The first-order valence-electron chi connectivity index (χ1n) is 8.41. The number of hydrogen-bond acceptors (Lipinski definition) is 2. The molecule has 0 unspecified atom stereocenters. The summed E-state index contributed by atoms with van der Waals surface area (Å²) in [4.78, 5) is 18.1. The van der Waals surface area contributed by atoms with E-state index in [1.54, 1.807) is 11.1 Å². The number of imidazole rings is 1. The molecule has 1 aliphatic rings. The third-order valence-electron chi connectivity index (χ3n) is 4.57.